The number of aromatic nitrogens is 2. The van der Waals surface area contributed by atoms with E-state index < -0.39 is 0 Å². The van der Waals surface area contributed by atoms with E-state index in [1.807, 2.05) is 24.7 Å². The molecule has 2 rings (SSSR count). The van der Waals surface area contributed by atoms with Crippen LogP contribution in [-0.2, 0) is 13.1 Å². The van der Waals surface area contributed by atoms with Crippen LogP contribution in [0.15, 0.2) is 30.5 Å². The topological polar surface area (TPSA) is 41.9 Å². The minimum absolute atomic E-state index is 0.294. The van der Waals surface area contributed by atoms with Gasteiger partial charge >= 0.3 is 0 Å². The van der Waals surface area contributed by atoms with Crippen molar-refractivity contribution in [1.29, 1.82) is 0 Å². The van der Waals surface area contributed by atoms with Crippen molar-refractivity contribution in [3.05, 3.63) is 47.5 Å². The molecule has 2 aromatic rings. The Morgan fingerprint density at radius 2 is 2.25 bits per heavy atom. The van der Waals surface area contributed by atoms with E-state index in [-0.39, 0.29) is 5.82 Å². The first kappa shape index (κ1) is 14.5. The van der Waals surface area contributed by atoms with Crippen LogP contribution in [0.1, 0.15) is 18.2 Å². The lowest BCUT2D eigenvalue weighted by atomic mass is 10.2. The number of hydrogen-bond acceptors (Lipinski definition) is 2. The van der Waals surface area contributed by atoms with Gasteiger partial charge in [-0.3, -0.25) is 4.68 Å². The van der Waals surface area contributed by atoms with Crippen LogP contribution in [0.25, 0.3) is 0 Å². The average Bonchev–Trinajstić information content (AvgIpc) is 2.77. The Balaban J connectivity index is 1.90. The molecule has 0 aliphatic carbocycles. The Morgan fingerprint density at radius 3 is 2.90 bits per heavy atom. The molecule has 0 atom stereocenters. The van der Waals surface area contributed by atoms with E-state index in [4.69, 9.17) is 12.2 Å². The smallest absolute Gasteiger partial charge is 0.171 e. The second kappa shape index (κ2) is 6.47. The van der Waals surface area contributed by atoms with Gasteiger partial charge in [0.1, 0.15) is 5.82 Å². The SMILES string of the molecule is CCn1cc(CNC(=S)Nc2cccc(F)c2)c(C)n1. The highest BCUT2D eigenvalue weighted by Gasteiger charge is 2.05. The highest BCUT2D eigenvalue weighted by Crippen LogP contribution is 2.09. The molecule has 0 aliphatic heterocycles. The van der Waals surface area contributed by atoms with Gasteiger partial charge in [0.15, 0.2) is 5.11 Å². The number of halogens is 1. The van der Waals surface area contributed by atoms with Gasteiger partial charge in [0.25, 0.3) is 0 Å². The molecule has 6 heteroatoms. The molecule has 106 valence electrons. The maximum atomic E-state index is 13.0. The lowest BCUT2D eigenvalue weighted by Crippen LogP contribution is -2.28. The summed E-state index contributed by atoms with van der Waals surface area (Å²) in [5.41, 5.74) is 2.70. The fourth-order valence-electron chi connectivity index (χ4n) is 1.81. The Bertz CT molecular complexity index is 609. The number of thiocarbonyl (C=S) groups is 1. The number of nitrogens with one attached hydrogen (secondary N) is 2. The van der Waals surface area contributed by atoms with E-state index in [2.05, 4.69) is 15.7 Å². The molecule has 0 saturated carbocycles. The average molecular weight is 292 g/mol. The lowest BCUT2D eigenvalue weighted by molar-refractivity contribution is 0.628. The van der Waals surface area contributed by atoms with Crippen molar-refractivity contribution in [2.45, 2.75) is 26.9 Å². The van der Waals surface area contributed by atoms with Crippen LogP contribution in [0, 0.1) is 12.7 Å². The molecule has 2 N–H and O–H groups in total. The Kier molecular flexibility index (Phi) is 4.68. The van der Waals surface area contributed by atoms with Crippen molar-refractivity contribution >= 4 is 23.0 Å². The van der Waals surface area contributed by atoms with Crippen molar-refractivity contribution in [2.24, 2.45) is 0 Å². The predicted molar refractivity (Wildman–Crippen MR) is 82.1 cm³/mol. The van der Waals surface area contributed by atoms with Crippen molar-refractivity contribution < 1.29 is 4.39 Å². The van der Waals surface area contributed by atoms with E-state index in [9.17, 15) is 4.39 Å². The summed E-state index contributed by atoms with van der Waals surface area (Å²) in [5.74, 6) is -0.294. The van der Waals surface area contributed by atoms with Crippen molar-refractivity contribution in [3.8, 4) is 0 Å². The zero-order valence-corrected chi connectivity index (χ0v) is 12.3. The van der Waals surface area contributed by atoms with Gasteiger partial charge in [-0.1, -0.05) is 6.07 Å². The van der Waals surface area contributed by atoms with E-state index in [0.717, 1.165) is 17.8 Å². The fourth-order valence-corrected chi connectivity index (χ4v) is 2.00. The highest BCUT2D eigenvalue weighted by atomic mass is 32.1. The summed E-state index contributed by atoms with van der Waals surface area (Å²) in [4.78, 5) is 0. The van der Waals surface area contributed by atoms with Gasteiger partial charge in [-0.25, -0.2) is 4.39 Å². The highest BCUT2D eigenvalue weighted by molar-refractivity contribution is 7.80. The number of aryl methyl sites for hydroxylation is 2. The van der Waals surface area contributed by atoms with Crippen LogP contribution < -0.4 is 10.6 Å². The molecule has 0 amide bonds. The summed E-state index contributed by atoms with van der Waals surface area (Å²) < 4.78 is 14.9. The minimum Gasteiger partial charge on any atom is -0.358 e. The second-order valence-electron chi connectivity index (χ2n) is 4.41. The van der Waals surface area contributed by atoms with E-state index in [0.29, 0.717) is 17.3 Å². The molecule has 1 heterocycles. The van der Waals surface area contributed by atoms with Crippen LogP contribution in [0.5, 0.6) is 0 Å². The minimum atomic E-state index is -0.294. The Labute approximate surface area is 123 Å². The van der Waals surface area contributed by atoms with Crippen LogP contribution in [0.3, 0.4) is 0 Å². The third-order valence-electron chi connectivity index (χ3n) is 2.89. The fraction of sp³-hybridized carbons (Fsp3) is 0.286. The lowest BCUT2D eigenvalue weighted by Gasteiger charge is -2.10. The number of nitrogens with zero attached hydrogens (tertiary/aromatic N) is 2. The van der Waals surface area contributed by atoms with Gasteiger partial charge < -0.3 is 10.6 Å². The molecular weight excluding hydrogens is 275 g/mol. The first-order valence-electron chi connectivity index (χ1n) is 6.42. The summed E-state index contributed by atoms with van der Waals surface area (Å²) in [6, 6.07) is 6.19. The molecule has 4 nitrogen and oxygen atoms in total. The largest absolute Gasteiger partial charge is 0.358 e. The Morgan fingerprint density at radius 1 is 1.45 bits per heavy atom. The maximum absolute atomic E-state index is 13.0. The molecule has 1 aromatic heterocycles. The molecule has 0 bridgehead atoms. The van der Waals surface area contributed by atoms with Crippen LogP contribution in [-0.4, -0.2) is 14.9 Å². The van der Waals surface area contributed by atoms with Gasteiger partial charge in [-0.15, -0.1) is 0 Å². The number of anilines is 1. The normalized spacial score (nSPS) is 10.3. The van der Waals surface area contributed by atoms with Crippen LogP contribution in [0.2, 0.25) is 0 Å². The number of benzene rings is 1. The zero-order chi connectivity index (χ0) is 14.5. The van der Waals surface area contributed by atoms with Crippen LogP contribution >= 0.6 is 12.2 Å². The van der Waals surface area contributed by atoms with Crippen molar-refractivity contribution in [1.82, 2.24) is 15.1 Å². The van der Waals surface area contributed by atoms with Gasteiger partial charge in [0.05, 0.1) is 5.69 Å². The third-order valence-corrected chi connectivity index (χ3v) is 3.14. The van der Waals surface area contributed by atoms with Gasteiger partial charge in [-0.05, 0) is 44.3 Å². The first-order valence-corrected chi connectivity index (χ1v) is 6.82. The van der Waals surface area contributed by atoms with Crippen molar-refractivity contribution in [2.75, 3.05) is 5.32 Å². The first-order chi connectivity index (χ1) is 9.58. The summed E-state index contributed by atoms with van der Waals surface area (Å²) in [5, 5.41) is 10.9. The molecule has 0 radical (unpaired) electrons. The van der Waals surface area contributed by atoms with Crippen molar-refractivity contribution in [3.63, 3.8) is 0 Å². The number of rotatable bonds is 4. The summed E-state index contributed by atoms with van der Waals surface area (Å²) in [6.07, 6.45) is 1.99. The molecule has 0 unspecified atom stereocenters. The maximum Gasteiger partial charge on any atom is 0.171 e. The predicted octanol–water partition coefficient (Wildman–Crippen LogP) is 2.84. The molecule has 20 heavy (non-hydrogen) atoms. The molecule has 0 saturated heterocycles. The Hall–Kier alpha value is -1.95. The zero-order valence-electron chi connectivity index (χ0n) is 11.5. The van der Waals surface area contributed by atoms with Gasteiger partial charge in [-0.2, -0.15) is 5.10 Å². The van der Waals surface area contributed by atoms with Gasteiger partial charge in [0.2, 0.25) is 0 Å². The summed E-state index contributed by atoms with van der Waals surface area (Å²) in [6.45, 7) is 5.44. The van der Waals surface area contributed by atoms with Crippen LogP contribution in [0.4, 0.5) is 10.1 Å². The van der Waals surface area contributed by atoms with E-state index in [1.54, 1.807) is 12.1 Å². The molecule has 0 fully saturated rings. The number of hydrogen-bond donors (Lipinski definition) is 2. The van der Waals surface area contributed by atoms with E-state index in [1.165, 1.54) is 12.1 Å². The third kappa shape index (κ3) is 3.77. The van der Waals surface area contributed by atoms with E-state index >= 15 is 0 Å². The molecule has 0 spiro atoms. The molecule has 1 aromatic carbocycles. The second-order valence-corrected chi connectivity index (χ2v) is 4.82. The summed E-state index contributed by atoms with van der Waals surface area (Å²) in [7, 11) is 0. The monoisotopic (exact) mass is 292 g/mol. The standard InChI is InChI=1S/C14H17FN4S/c1-3-19-9-11(10(2)18-19)8-16-14(20)17-13-6-4-5-12(15)7-13/h4-7,9H,3,8H2,1-2H3,(H2,16,17,20). The quantitative estimate of drug-likeness (QED) is 0.850. The van der Waals surface area contributed by atoms with Gasteiger partial charge in [0, 0.05) is 30.5 Å². The summed E-state index contributed by atoms with van der Waals surface area (Å²) >= 11 is 5.19. The molecule has 0 aliphatic rings. The molecular formula is C14H17FN4S.